The molecule has 3 N–H and O–H groups in total. The largest absolute Gasteiger partial charge is 0.482 e. The van der Waals surface area contributed by atoms with Crippen LogP contribution in [0.5, 0.6) is 5.75 Å². The highest BCUT2D eigenvalue weighted by atomic mass is 127. The van der Waals surface area contributed by atoms with Crippen LogP contribution in [0.2, 0.25) is 10.0 Å². The quantitative estimate of drug-likeness (QED) is 0.303. The van der Waals surface area contributed by atoms with E-state index in [9.17, 15) is 14.7 Å². The van der Waals surface area contributed by atoms with Crippen molar-refractivity contribution in [1.29, 1.82) is 0 Å². The maximum absolute atomic E-state index is 13.4. The third kappa shape index (κ3) is 8.07. The summed E-state index contributed by atoms with van der Waals surface area (Å²) in [6.45, 7) is 2.08. The molecule has 0 aromatic heterocycles. The Kier molecular flexibility index (Phi) is 11.5. The van der Waals surface area contributed by atoms with Gasteiger partial charge in [0.15, 0.2) is 0 Å². The Labute approximate surface area is 240 Å². The minimum absolute atomic E-state index is 0.0912. The molecular formula is C27H31Cl2IN2O5. The molecule has 10 heteroatoms. The van der Waals surface area contributed by atoms with E-state index in [0.29, 0.717) is 34.2 Å². The molecule has 1 aliphatic carbocycles. The second kappa shape index (κ2) is 14.3. The summed E-state index contributed by atoms with van der Waals surface area (Å²) in [7, 11) is 0. The Balaban J connectivity index is 1.98. The minimum atomic E-state index is -1.10. The summed E-state index contributed by atoms with van der Waals surface area (Å²) in [4.78, 5) is 28.0. The number of nitrogens with one attached hydrogen (secondary N) is 1. The molecular weight excluding hydrogens is 630 g/mol. The molecule has 0 radical (unpaired) electrons. The lowest BCUT2D eigenvalue weighted by Crippen LogP contribution is -2.54. The van der Waals surface area contributed by atoms with E-state index in [-0.39, 0.29) is 37.9 Å². The van der Waals surface area contributed by atoms with Gasteiger partial charge in [-0.15, -0.1) is 0 Å². The van der Waals surface area contributed by atoms with E-state index in [0.717, 1.165) is 15.6 Å². The first-order valence-electron chi connectivity index (χ1n) is 12.2. The van der Waals surface area contributed by atoms with Gasteiger partial charge in [-0.1, -0.05) is 54.7 Å². The third-order valence-electron chi connectivity index (χ3n) is 6.12. The number of aliphatic hydroxyl groups excluding tert-OH is 2. The zero-order chi connectivity index (χ0) is 26.9. The number of amides is 2. The van der Waals surface area contributed by atoms with Crippen molar-refractivity contribution in [2.24, 2.45) is 0 Å². The highest BCUT2D eigenvalue weighted by Gasteiger charge is 2.40. The Morgan fingerprint density at radius 3 is 2.62 bits per heavy atom. The van der Waals surface area contributed by atoms with Gasteiger partial charge in [-0.05, 0) is 64.9 Å². The van der Waals surface area contributed by atoms with E-state index in [1.165, 1.54) is 0 Å². The zero-order valence-corrected chi connectivity index (χ0v) is 24.2. The number of unbranched alkanes of at least 4 members (excludes halogenated alkanes) is 1. The summed E-state index contributed by atoms with van der Waals surface area (Å²) >= 11 is 14.5. The second-order valence-corrected chi connectivity index (χ2v) is 10.8. The number of halogens is 3. The minimum Gasteiger partial charge on any atom is -0.482 e. The Morgan fingerprint density at radius 1 is 1.19 bits per heavy atom. The number of aliphatic hydroxyl groups is 2. The van der Waals surface area contributed by atoms with Crippen LogP contribution < -0.4 is 10.1 Å². The van der Waals surface area contributed by atoms with Gasteiger partial charge in [0, 0.05) is 31.5 Å². The van der Waals surface area contributed by atoms with Gasteiger partial charge in [0.05, 0.1) is 26.3 Å². The standard InChI is InChI=1S/C27H31Cl2IN2O5/c1-2-3-8-25(34)32(16-17-9-10-19(28)20(29)13-17)22-14-18(27(36)31-11-12-33)15-24(26(22)35)37-23-7-5-4-6-21(23)30/h4-7,9-10,13,15,22,24,26,33,35H,2-3,8,11-12,14,16H2,1H3,(H,31,36)/t22-,24+,26+/m1/s1. The molecule has 0 saturated heterocycles. The number of benzene rings is 2. The van der Waals surface area contributed by atoms with Crippen LogP contribution in [-0.4, -0.2) is 58.3 Å². The first kappa shape index (κ1) is 29.7. The van der Waals surface area contributed by atoms with E-state index in [1.807, 2.05) is 25.1 Å². The Bertz CT molecular complexity index is 1130. The van der Waals surface area contributed by atoms with Gasteiger partial charge in [-0.2, -0.15) is 0 Å². The van der Waals surface area contributed by atoms with Gasteiger partial charge in [0.25, 0.3) is 0 Å². The number of ether oxygens (including phenoxy) is 1. The van der Waals surface area contributed by atoms with Crippen molar-refractivity contribution in [3.8, 4) is 5.75 Å². The molecule has 200 valence electrons. The summed E-state index contributed by atoms with van der Waals surface area (Å²) in [5.41, 5.74) is 1.13. The van der Waals surface area contributed by atoms with E-state index in [4.69, 9.17) is 33.0 Å². The van der Waals surface area contributed by atoms with Crippen LogP contribution in [0, 0.1) is 3.57 Å². The Morgan fingerprint density at radius 2 is 1.95 bits per heavy atom. The van der Waals surface area contributed by atoms with Crippen LogP contribution in [0.3, 0.4) is 0 Å². The fraction of sp³-hybridized carbons (Fsp3) is 0.407. The van der Waals surface area contributed by atoms with Gasteiger partial charge in [0.2, 0.25) is 11.8 Å². The topological polar surface area (TPSA) is 99.1 Å². The van der Waals surface area contributed by atoms with Gasteiger partial charge in [-0.25, -0.2) is 0 Å². The van der Waals surface area contributed by atoms with Crippen LogP contribution >= 0.6 is 45.8 Å². The van der Waals surface area contributed by atoms with Gasteiger partial charge in [0.1, 0.15) is 18.0 Å². The van der Waals surface area contributed by atoms with Crippen molar-refractivity contribution < 1.29 is 24.5 Å². The van der Waals surface area contributed by atoms with Gasteiger partial charge < -0.3 is 25.2 Å². The van der Waals surface area contributed by atoms with Crippen molar-refractivity contribution in [2.75, 3.05) is 13.2 Å². The second-order valence-electron chi connectivity index (χ2n) is 8.82. The van der Waals surface area contributed by atoms with Crippen molar-refractivity contribution in [3.63, 3.8) is 0 Å². The predicted octanol–water partition coefficient (Wildman–Crippen LogP) is 4.73. The Hall–Kier alpha value is -1.85. The molecule has 0 heterocycles. The molecule has 0 bridgehead atoms. The first-order chi connectivity index (χ1) is 17.7. The summed E-state index contributed by atoms with van der Waals surface area (Å²) < 4.78 is 7.02. The molecule has 37 heavy (non-hydrogen) atoms. The van der Waals surface area contributed by atoms with Crippen LogP contribution in [0.15, 0.2) is 54.1 Å². The lowest BCUT2D eigenvalue weighted by Gasteiger charge is -2.40. The van der Waals surface area contributed by atoms with Crippen LogP contribution in [0.25, 0.3) is 0 Å². The number of para-hydroxylation sites is 1. The molecule has 2 amide bonds. The fourth-order valence-electron chi connectivity index (χ4n) is 4.16. The lowest BCUT2D eigenvalue weighted by molar-refractivity contribution is -0.139. The summed E-state index contributed by atoms with van der Waals surface area (Å²) in [6.07, 6.45) is 1.60. The van der Waals surface area contributed by atoms with Gasteiger partial charge >= 0.3 is 0 Å². The normalized spacial score (nSPS) is 19.2. The molecule has 1 aliphatic rings. The number of hydrogen-bond acceptors (Lipinski definition) is 5. The number of carbonyl (C=O) groups is 2. The highest BCUT2D eigenvalue weighted by Crippen LogP contribution is 2.31. The lowest BCUT2D eigenvalue weighted by atomic mass is 9.87. The number of hydrogen-bond donors (Lipinski definition) is 3. The molecule has 3 rings (SSSR count). The molecule has 3 atom stereocenters. The highest BCUT2D eigenvalue weighted by molar-refractivity contribution is 14.1. The molecule has 0 spiro atoms. The average molecular weight is 661 g/mol. The summed E-state index contributed by atoms with van der Waals surface area (Å²) in [5.74, 6) is 0.0485. The zero-order valence-electron chi connectivity index (χ0n) is 20.5. The number of nitrogens with zero attached hydrogens (tertiary/aromatic N) is 1. The van der Waals surface area contributed by atoms with E-state index in [1.54, 1.807) is 35.2 Å². The molecule has 0 aliphatic heterocycles. The average Bonchev–Trinajstić information content (AvgIpc) is 2.89. The van der Waals surface area contributed by atoms with Crippen LogP contribution in [0.4, 0.5) is 0 Å². The third-order valence-corrected chi connectivity index (χ3v) is 7.75. The fourth-order valence-corrected chi connectivity index (χ4v) is 5.00. The SMILES string of the molecule is CCCCC(=O)N(Cc1ccc(Cl)c(Cl)c1)[C@@H]1CC(C(=O)NCCO)=C[C@H](Oc2ccccc2I)[C@H]1O. The predicted molar refractivity (Wildman–Crippen MR) is 153 cm³/mol. The van der Waals surface area contributed by atoms with Crippen molar-refractivity contribution >= 4 is 57.6 Å². The van der Waals surface area contributed by atoms with Crippen LogP contribution in [-0.2, 0) is 16.1 Å². The molecule has 2 aromatic rings. The van der Waals surface area contributed by atoms with E-state index >= 15 is 0 Å². The number of rotatable bonds is 11. The van der Waals surface area contributed by atoms with E-state index in [2.05, 4.69) is 27.9 Å². The molecule has 0 fully saturated rings. The van der Waals surface area contributed by atoms with Crippen molar-refractivity contribution in [2.45, 2.75) is 57.4 Å². The summed E-state index contributed by atoms with van der Waals surface area (Å²) in [5, 5.41) is 24.1. The van der Waals surface area contributed by atoms with Crippen molar-refractivity contribution in [1.82, 2.24) is 10.2 Å². The van der Waals surface area contributed by atoms with Crippen molar-refractivity contribution in [3.05, 3.63) is 73.3 Å². The molecule has 2 aromatic carbocycles. The maximum atomic E-state index is 13.4. The monoisotopic (exact) mass is 660 g/mol. The van der Waals surface area contributed by atoms with Crippen LogP contribution in [0.1, 0.15) is 38.2 Å². The molecule has 7 nitrogen and oxygen atoms in total. The smallest absolute Gasteiger partial charge is 0.247 e. The van der Waals surface area contributed by atoms with E-state index < -0.39 is 18.2 Å². The van der Waals surface area contributed by atoms with Gasteiger partial charge in [-0.3, -0.25) is 9.59 Å². The number of carbonyl (C=O) groups excluding carboxylic acids is 2. The summed E-state index contributed by atoms with van der Waals surface area (Å²) in [6, 6.07) is 11.8. The molecule has 0 saturated carbocycles. The first-order valence-corrected chi connectivity index (χ1v) is 14.0. The maximum Gasteiger partial charge on any atom is 0.247 e. The molecule has 0 unspecified atom stereocenters.